The average molecular weight is 650 g/mol. The normalized spacial score (nSPS) is 27.2. The van der Waals surface area contributed by atoms with Gasteiger partial charge in [0.2, 0.25) is 5.79 Å². The van der Waals surface area contributed by atoms with Crippen molar-refractivity contribution in [3.05, 3.63) is 77.9 Å². The van der Waals surface area contributed by atoms with E-state index < -0.39 is 5.79 Å². The molecular weight excluding hydrogens is 602 g/mol. The van der Waals surface area contributed by atoms with Crippen molar-refractivity contribution in [1.29, 1.82) is 0 Å². The van der Waals surface area contributed by atoms with Gasteiger partial charge in [0.25, 0.3) is 0 Å². The number of benzene rings is 2. The molecule has 0 spiro atoms. The van der Waals surface area contributed by atoms with Crippen molar-refractivity contribution in [3.63, 3.8) is 0 Å². The van der Waals surface area contributed by atoms with E-state index >= 15 is 0 Å². The van der Waals surface area contributed by atoms with Crippen LogP contribution in [0.5, 0.6) is 17.2 Å². The molecule has 0 saturated heterocycles. The molecule has 1 fully saturated rings. The monoisotopic (exact) mass is 649 g/mol. The minimum absolute atomic E-state index is 0.00134. The highest BCUT2D eigenvalue weighted by atomic mass is 32.2. The zero-order chi connectivity index (χ0) is 32.5. The predicted octanol–water partition coefficient (Wildman–Crippen LogP) is 7.31. The molecule has 6 atom stereocenters. The van der Waals surface area contributed by atoms with E-state index in [2.05, 4.69) is 30.8 Å². The molecule has 6 unspecified atom stereocenters. The number of unbranched alkanes of at least 4 members (excludes halogenated alkanes) is 2. The number of aliphatic hydroxyl groups excluding tert-OH is 2. The molecule has 0 radical (unpaired) electrons. The largest absolute Gasteiger partial charge is 0.460 e. The van der Waals surface area contributed by atoms with Gasteiger partial charge in [0.05, 0.1) is 23.5 Å². The van der Waals surface area contributed by atoms with Crippen LogP contribution in [0.2, 0.25) is 0 Å². The smallest absolute Gasteiger partial charge is 0.230 e. The molecule has 2 aromatic carbocycles. The fraction of sp³-hybridized carbons (Fsp3) is 0.514. The molecule has 1 saturated carbocycles. The Bertz CT molecular complexity index is 1410. The van der Waals surface area contributed by atoms with Crippen LogP contribution in [0, 0.1) is 17.8 Å². The molecule has 1 aliphatic heterocycles. The van der Waals surface area contributed by atoms with Crippen molar-refractivity contribution in [2.24, 2.45) is 22.9 Å². The molecule has 8 nitrogen and oxygen atoms in total. The Kier molecular flexibility index (Phi) is 12.0. The van der Waals surface area contributed by atoms with Gasteiger partial charge in [-0.3, -0.25) is 4.79 Å². The molecule has 2 aliphatic carbocycles. The number of aldehydes is 1. The number of hydrogen-bond donors (Lipinski definition) is 2. The van der Waals surface area contributed by atoms with Crippen LogP contribution in [-0.2, 0) is 9.57 Å². The van der Waals surface area contributed by atoms with Crippen LogP contribution in [-0.4, -0.2) is 65.9 Å². The maximum atomic E-state index is 11.4. The van der Waals surface area contributed by atoms with Gasteiger partial charge in [0, 0.05) is 36.7 Å². The number of oxime groups is 1. The van der Waals surface area contributed by atoms with Crippen molar-refractivity contribution in [2.45, 2.75) is 68.8 Å². The van der Waals surface area contributed by atoms with Gasteiger partial charge in [-0.25, -0.2) is 0 Å². The number of allylic oxidation sites excluding steroid dienone is 1. The molecule has 1 heterocycles. The SMILES string of the molecule is C=CCOC12Oc3ccc(Oc4cccc(C=O)c4)cc3C3C(CCCCO)C(CCCCO)C=C(C(=NOC)CC1SCC)C32. The average Bonchev–Trinajstić information content (AvgIpc) is 3.07. The lowest BCUT2D eigenvalue weighted by molar-refractivity contribution is -0.223. The van der Waals surface area contributed by atoms with Crippen LogP contribution in [0.25, 0.3) is 0 Å². The summed E-state index contributed by atoms with van der Waals surface area (Å²) in [5, 5.41) is 23.9. The summed E-state index contributed by atoms with van der Waals surface area (Å²) in [5.41, 5.74) is 3.63. The van der Waals surface area contributed by atoms with E-state index in [0.717, 1.165) is 73.2 Å². The molecule has 2 N–H and O–H groups in total. The summed E-state index contributed by atoms with van der Waals surface area (Å²) in [5.74, 6) is 2.20. The quantitative estimate of drug-likeness (QED) is 0.0796. The maximum Gasteiger partial charge on any atom is 0.230 e. The van der Waals surface area contributed by atoms with Gasteiger partial charge < -0.3 is 29.3 Å². The van der Waals surface area contributed by atoms with E-state index in [9.17, 15) is 15.0 Å². The fourth-order valence-corrected chi connectivity index (χ4v) is 8.81. The van der Waals surface area contributed by atoms with Crippen LogP contribution >= 0.6 is 11.8 Å². The van der Waals surface area contributed by atoms with Crippen molar-refractivity contribution in [1.82, 2.24) is 0 Å². The van der Waals surface area contributed by atoms with Gasteiger partial charge in [0.1, 0.15) is 30.6 Å². The van der Waals surface area contributed by atoms with E-state index in [4.69, 9.17) is 19.0 Å². The Labute approximate surface area is 276 Å². The van der Waals surface area contributed by atoms with E-state index in [1.807, 2.05) is 36.0 Å². The number of aliphatic hydroxyl groups is 2. The molecule has 2 aromatic rings. The molecular formula is C37H47NO7S. The van der Waals surface area contributed by atoms with Crippen LogP contribution < -0.4 is 9.47 Å². The Morgan fingerprint density at radius 2 is 1.87 bits per heavy atom. The summed E-state index contributed by atoms with van der Waals surface area (Å²) in [7, 11) is 1.60. The molecule has 3 aliphatic rings. The van der Waals surface area contributed by atoms with Crippen molar-refractivity contribution in [3.8, 4) is 17.2 Å². The molecule has 9 heteroatoms. The number of fused-ring (bicyclic) bond motifs is 2. The van der Waals surface area contributed by atoms with Crippen LogP contribution in [0.15, 0.2) is 71.9 Å². The Hall–Kier alpha value is -3.11. The third kappa shape index (κ3) is 7.08. The minimum atomic E-state index is -0.961. The summed E-state index contributed by atoms with van der Waals surface area (Å²) in [4.78, 5) is 16.9. The van der Waals surface area contributed by atoms with Crippen molar-refractivity contribution in [2.75, 3.05) is 32.7 Å². The fourth-order valence-electron chi connectivity index (χ4n) is 7.64. The third-order valence-corrected chi connectivity index (χ3v) is 10.7. The molecule has 0 bridgehead atoms. The number of ether oxygens (including phenoxy) is 3. The zero-order valence-corrected chi connectivity index (χ0v) is 27.8. The number of hydrogen-bond acceptors (Lipinski definition) is 9. The first-order valence-corrected chi connectivity index (χ1v) is 17.5. The van der Waals surface area contributed by atoms with Gasteiger partial charge in [-0.1, -0.05) is 49.2 Å². The van der Waals surface area contributed by atoms with Crippen LogP contribution in [0.4, 0.5) is 0 Å². The van der Waals surface area contributed by atoms with Gasteiger partial charge in [-0.2, -0.15) is 11.8 Å². The summed E-state index contributed by atoms with van der Waals surface area (Å²) in [6.45, 7) is 6.77. The van der Waals surface area contributed by atoms with Crippen LogP contribution in [0.3, 0.4) is 0 Å². The second kappa shape index (κ2) is 16.1. The van der Waals surface area contributed by atoms with E-state index in [1.165, 1.54) is 0 Å². The predicted molar refractivity (Wildman–Crippen MR) is 182 cm³/mol. The first-order valence-electron chi connectivity index (χ1n) is 16.5. The van der Waals surface area contributed by atoms with Gasteiger partial charge in [0.15, 0.2) is 0 Å². The summed E-state index contributed by atoms with van der Waals surface area (Å²) in [6.07, 6.45) is 10.7. The van der Waals surface area contributed by atoms with Crippen LogP contribution in [0.1, 0.15) is 73.7 Å². The lowest BCUT2D eigenvalue weighted by Gasteiger charge is -2.58. The highest BCUT2D eigenvalue weighted by Crippen LogP contribution is 2.62. The Balaban J connectivity index is 1.70. The summed E-state index contributed by atoms with van der Waals surface area (Å²) < 4.78 is 20.3. The van der Waals surface area contributed by atoms with E-state index in [1.54, 1.807) is 25.3 Å². The topological polar surface area (TPSA) is 107 Å². The Morgan fingerprint density at radius 3 is 2.59 bits per heavy atom. The summed E-state index contributed by atoms with van der Waals surface area (Å²) in [6, 6.07) is 13.1. The van der Waals surface area contributed by atoms with Crippen molar-refractivity contribution >= 4 is 23.8 Å². The molecule has 46 heavy (non-hydrogen) atoms. The maximum absolute atomic E-state index is 11.4. The molecule has 0 aromatic heterocycles. The molecule has 248 valence electrons. The first kappa shape index (κ1) is 34.2. The lowest BCUT2D eigenvalue weighted by atomic mass is 9.56. The van der Waals surface area contributed by atoms with E-state index in [0.29, 0.717) is 30.1 Å². The standard InChI is InChI=1S/C37H47NO7S/c1-4-19-43-37-34(46-5-2)23-32(38-42-3)30-21-26(12-6-8-17-39)29(14-7-9-18-40)35(36(30)37)31-22-28(15-16-33(31)45-37)44-27-13-10-11-25(20-27)24-41/h4,10-11,13,15-16,20-22,24,26,29,34-36,39-40H,1,5-9,12,14,17-19,23H2,2-3H3. The Morgan fingerprint density at radius 1 is 1.09 bits per heavy atom. The molecule has 5 rings (SSSR count). The first-order chi connectivity index (χ1) is 22.5. The number of rotatable bonds is 17. The zero-order valence-electron chi connectivity index (χ0n) is 26.9. The lowest BCUT2D eigenvalue weighted by Crippen LogP contribution is -2.64. The van der Waals surface area contributed by atoms with Crippen molar-refractivity contribution < 1.29 is 34.1 Å². The second-order valence-electron chi connectivity index (χ2n) is 12.2. The highest BCUT2D eigenvalue weighted by Gasteiger charge is 2.63. The number of nitrogens with zero attached hydrogens (tertiary/aromatic N) is 1. The van der Waals surface area contributed by atoms with Gasteiger partial charge in [-0.05, 0) is 79.2 Å². The number of carbonyl (C=O) groups excluding carboxylic acids is 1. The van der Waals surface area contributed by atoms with E-state index in [-0.39, 0.29) is 42.1 Å². The third-order valence-electron chi connectivity index (χ3n) is 9.42. The minimum Gasteiger partial charge on any atom is -0.460 e. The summed E-state index contributed by atoms with van der Waals surface area (Å²) >= 11 is 1.82. The number of carbonyl (C=O) groups is 1. The second-order valence-corrected chi connectivity index (χ2v) is 13.7. The number of thioether (sulfide) groups is 1. The molecule has 0 amide bonds. The van der Waals surface area contributed by atoms with Gasteiger partial charge >= 0.3 is 0 Å². The van der Waals surface area contributed by atoms with Gasteiger partial charge in [-0.15, -0.1) is 6.58 Å². The highest BCUT2D eigenvalue weighted by molar-refractivity contribution is 8.00.